The average molecular weight is 530 g/mol. The van der Waals surface area contributed by atoms with Gasteiger partial charge in [-0.1, -0.05) is 23.4 Å². The standard InChI is InChI=1S/C27H26F3N3O5/c28-27(29,30)37-22-6-2-1-4-19(22)24-20(25(38-32-24)15-8-9-15)14-36-18-12-16-10-11-17(13-18)33(16)23-7-3-5-21(31-23)26(34)35/h1-7,15-18H,8-14H2,(H,34,35)/t16-,17?,18?/m0/s1. The van der Waals surface area contributed by atoms with E-state index in [9.17, 15) is 23.1 Å². The summed E-state index contributed by atoms with van der Waals surface area (Å²) in [5.41, 5.74) is 1.19. The molecular formula is C27H26F3N3O5. The topological polar surface area (TPSA) is 97.9 Å². The van der Waals surface area contributed by atoms with Gasteiger partial charge in [-0.25, -0.2) is 9.78 Å². The largest absolute Gasteiger partial charge is 0.573 e. The number of aromatic nitrogens is 2. The van der Waals surface area contributed by atoms with Crippen molar-refractivity contribution < 1.29 is 37.1 Å². The highest BCUT2D eigenvalue weighted by Crippen LogP contribution is 2.46. The van der Waals surface area contributed by atoms with Crippen molar-refractivity contribution in [3.63, 3.8) is 0 Å². The van der Waals surface area contributed by atoms with Crippen LogP contribution in [0.1, 0.15) is 66.3 Å². The van der Waals surface area contributed by atoms with Gasteiger partial charge in [0.1, 0.15) is 23.0 Å². The minimum Gasteiger partial charge on any atom is -0.477 e. The molecule has 6 rings (SSSR count). The van der Waals surface area contributed by atoms with Crippen molar-refractivity contribution in [1.82, 2.24) is 10.1 Å². The molecule has 2 aliphatic heterocycles. The minimum absolute atomic E-state index is 0.0163. The molecule has 4 heterocycles. The van der Waals surface area contributed by atoms with Crippen molar-refractivity contribution in [3.05, 3.63) is 59.5 Å². The summed E-state index contributed by atoms with van der Waals surface area (Å²) in [6.07, 6.45) is 0.366. The van der Waals surface area contributed by atoms with Crippen molar-refractivity contribution in [3.8, 4) is 17.0 Å². The van der Waals surface area contributed by atoms with Crippen molar-refractivity contribution in [2.45, 2.75) is 75.6 Å². The lowest BCUT2D eigenvalue weighted by Gasteiger charge is -2.39. The molecule has 2 bridgehead atoms. The number of carbonyl (C=O) groups is 1. The van der Waals surface area contributed by atoms with E-state index in [1.54, 1.807) is 12.1 Å². The third-order valence-electron chi connectivity index (χ3n) is 7.51. The number of anilines is 1. The zero-order valence-electron chi connectivity index (χ0n) is 20.4. The molecule has 0 radical (unpaired) electrons. The molecule has 3 aliphatic rings. The SMILES string of the molecule is O=C(O)c1cccc(N2C3CC[C@H]2CC(OCc2c(-c4ccccc4OC(F)(F)F)noc2C2CC2)C3)n1. The summed E-state index contributed by atoms with van der Waals surface area (Å²) in [5, 5.41) is 13.5. The number of pyridine rings is 1. The number of piperidine rings is 1. The monoisotopic (exact) mass is 529 g/mol. The van der Waals surface area contributed by atoms with Crippen LogP contribution in [0.2, 0.25) is 0 Å². The molecule has 38 heavy (non-hydrogen) atoms. The number of benzene rings is 1. The number of nitrogens with zero attached hydrogens (tertiary/aromatic N) is 3. The summed E-state index contributed by atoms with van der Waals surface area (Å²) < 4.78 is 55.4. The highest BCUT2D eigenvalue weighted by Gasteiger charge is 2.42. The number of para-hydroxylation sites is 1. The summed E-state index contributed by atoms with van der Waals surface area (Å²) in [7, 11) is 0. The van der Waals surface area contributed by atoms with Gasteiger partial charge in [-0.15, -0.1) is 13.2 Å². The number of fused-ring (bicyclic) bond motifs is 2. The smallest absolute Gasteiger partial charge is 0.477 e. The van der Waals surface area contributed by atoms with Gasteiger partial charge < -0.3 is 24.0 Å². The van der Waals surface area contributed by atoms with E-state index in [-0.39, 0.29) is 47.7 Å². The quantitative estimate of drug-likeness (QED) is 0.384. The van der Waals surface area contributed by atoms with Gasteiger partial charge in [-0.05, 0) is 62.8 Å². The molecule has 0 spiro atoms. The second kappa shape index (κ2) is 9.61. The number of halogens is 3. The number of rotatable bonds is 8. The third kappa shape index (κ3) is 4.94. The fourth-order valence-corrected chi connectivity index (χ4v) is 5.74. The maximum absolute atomic E-state index is 13.0. The molecule has 3 aromatic rings. The van der Waals surface area contributed by atoms with E-state index in [1.165, 1.54) is 24.3 Å². The number of carboxylic acids is 1. The van der Waals surface area contributed by atoms with Crippen LogP contribution in [0.25, 0.3) is 11.3 Å². The zero-order chi connectivity index (χ0) is 26.4. The van der Waals surface area contributed by atoms with Gasteiger partial charge >= 0.3 is 12.3 Å². The van der Waals surface area contributed by atoms with E-state index in [1.807, 2.05) is 6.07 Å². The van der Waals surface area contributed by atoms with Gasteiger partial charge in [0.2, 0.25) is 0 Å². The number of hydrogen-bond acceptors (Lipinski definition) is 7. The van der Waals surface area contributed by atoms with Gasteiger partial charge in [-0.2, -0.15) is 0 Å². The van der Waals surface area contributed by atoms with E-state index >= 15 is 0 Å². The van der Waals surface area contributed by atoms with E-state index in [0.717, 1.165) is 38.5 Å². The third-order valence-corrected chi connectivity index (χ3v) is 7.51. The lowest BCUT2D eigenvalue weighted by atomic mass is 9.99. The molecular weight excluding hydrogens is 503 g/mol. The molecule has 2 aromatic heterocycles. The molecule has 1 aromatic carbocycles. The molecule has 2 saturated heterocycles. The molecule has 200 valence electrons. The molecule has 1 N–H and O–H groups in total. The van der Waals surface area contributed by atoms with Crippen molar-refractivity contribution in [2.24, 2.45) is 0 Å². The number of aromatic carboxylic acids is 1. The first kappa shape index (κ1) is 24.7. The van der Waals surface area contributed by atoms with Crippen LogP contribution in [-0.4, -0.2) is 45.8 Å². The molecule has 8 nitrogen and oxygen atoms in total. The molecule has 2 unspecified atom stereocenters. The first-order chi connectivity index (χ1) is 18.3. The highest BCUT2D eigenvalue weighted by atomic mass is 19.4. The van der Waals surface area contributed by atoms with E-state index < -0.39 is 12.3 Å². The van der Waals surface area contributed by atoms with Crippen LogP contribution in [0.5, 0.6) is 5.75 Å². The van der Waals surface area contributed by atoms with Crippen LogP contribution in [0.4, 0.5) is 19.0 Å². The second-order valence-electron chi connectivity index (χ2n) is 10.1. The van der Waals surface area contributed by atoms with Crippen LogP contribution in [-0.2, 0) is 11.3 Å². The lowest BCUT2D eigenvalue weighted by molar-refractivity contribution is -0.274. The van der Waals surface area contributed by atoms with Crippen molar-refractivity contribution in [1.29, 1.82) is 0 Å². The summed E-state index contributed by atoms with van der Waals surface area (Å²) >= 11 is 0. The fourth-order valence-electron chi connectivity index (χ4n) is 5.74. The van der Waals surface area contributed by atoms with Crippen LogP contribution in [0, 0.1) is 0 Å². The zero-order valence-corrected chi connectivity index (χ0v) is 20.4. The first-order valence-electron chi connectivity index (χ1n) is 12.7. The Morgan fingerprint density at radius 1 is 1.05 bits per heavy atom. The van der Waals surface area contributed by atoms with Gasteiger partial charge in [0.15, 0.2) is 5.69 Å². The molecule has 0 amide bonds. The van der Waals surface area contributed by atoms with Crippen molar-refractivity contribution in [2.75, 3.05) is 4.90 Å². The number of alkyl halides is 3. The Morgan fingerprint density at radius 2 is 1.79 bits per heavy atom. The van der Waals surface area contributed by atoms with Gasteiger partial charge in [-0.3, -0.25) is 0 Å². The van der Waals surface area contributed by atoms with Crippen LogP contribution < -0.4 is 9.64 Å². The normalized spacial score (nSPS) is 23.0. The van der Waals surface area contributed by atoms with Gasteiger partial charge in [0.05, 0.1) is 12.7 Å². The Bertz CT molecular complexity index is 1330. The number of carboxylic acid groups (broad SMARTS) is 1. The molecule has 11 heteroatoms. The average Bonchev–Trinajstić information content (AvgIpc) is 3.58. The summed E-state index contributed by atoms with van der Waals surface area (Å²) in [6, 6.07) is 11.3. The Kier molecular flexibility index (Phi) is 6.25. The lowest BCUT2D eigenvalue weighted by Crippen LogP contribution is -2.46. The Labute approximate surface area is 216 Å². The number of hydrogen-bond donors (Lipinski definition) is 1. The minimum atomic E-state index is -4.83. The highest BCUT2D eigenvalue weighted by molar-refractivity contribution is 5.85. The van der Waals surface area contributed by atoms with E-state index in [0.29, 0.717) is 22.8 Å². The molecule has 1 saturated carbocycles. The van der Waals surface area contributed by atoms with E-state index in [2.05, 4.69) is 19.8 Å². The molecule has 3 atom stereocenters. The summed E-state index contributed by atoms with van der Waals surface area (Å²) in [5.74, 6) is 0.123. The summed E-state index contributed by atoms with van der Waals surface area (Å²) in [6.45, 7) is 0.169. The Morgan fingerprint density at radius 3 is 2.47 bits per heavy atom. The second-order valence-corrected chi connectivity index (χ2v) is 10.1. The maximum Gasteiger partial charge on any atom is 0.573 e. The van der Waals surface area contributed by atoms with Gasteiger partial charge in [0, 0.05) is 29.1 Å². The number of ether oxygens (including phenoxy) is 2. The first-order valence-corrected chi connectivity index (χ1v) is 12.7. The molecule has 3 fully saturated rings. The Balaban J connectivity index is 1.20. The van der Waals surface area contributed by atoms with Crippen LogP contribution >= 0.6 is 0 Å². The van der Waals surface area contributed by atoms with E-state index in [4.69, 9.17) is 9.26 Å². The van der Waals surface area contributed by atoms with Crippen molar-refractivity contribution >= 4 is 11.8 Å². The predicted octanol–water partition coefficient (Wildman–Crippen LogP) is 5.93. The maximum atomic E-state index is 13.0. The van der Waals surface area contributed by atoms with Crippen LogP contribution in [0.3, 0.4) is 0 Å². The Hall–Kier alpha value is -3.60. The predicted molar refractivity (Wildman–Crippen MR) is 129 cm³/mol. The molecule has 1 aliphatic carbocycles. The fraction of sp³-hybridized carbons (Fsp3) is 0.444. The summed E-state index contributed by atoms with van der Waals surface area (Å²) in [4.78, 5) is 17.9. The van der Waals surface area contributed by atoms with Crippen LogP contribution in [0.15, 0.2) is 47.0 Å². The van der Waals surface area contributed by atoms with Gasteiger partial charge in [0.25, 0.3) is 0 Å².